The van der Waals surface area contributed by atoms with Crippen molar-refractivity contribution in [1.29, 1.82) is 0 Å². The third-order valence-corrected chi connectivity index (χ3v) is 4.37. The molecule has 2 aromatic rings. The van der Waals surface area contributed by atoms with Crippen molar-refractivity contribution >= 4 is 34.1 Å². The Morgan fingerprint density at radius 1 is 1.08 bits per heavy atom. The number of carbonyl (C=O) groups is 3. The summed E-state index contributed by atoms with van der Waals surface area (Å²) in [5.74, 6) is -0.880. The maximum Gasteiger partial charge on any atom is 0.308 e. The Morgan fingerprint density at radius 2 is 1.77 bits per heavy atom. The van der Waals surface area contributed by atoms with Gasteiger partial charge in [0.05, 0.1) is 28.4 Å². The SMILES string of the molecule is CC(=O)Nc1ccc(C(=O)N[C@H](CC(=O)OC(C)C)c2ccccc2)s1. The Kier molecular flexibility index (Phi) is 6.91. The first kappa shape index (κ1) is 19.7. The Balaban J connectivity index is 2.12. The van der Waals surface area contributed by atoms with Crippen LogP contribution in [0.15, 0.2) is 42.5 Å². The van der Waals surface area contributed by atoms with E-state index < -0.39 is 6.04 Å². The summed E-state index contributed by atoms with van der Waals surface area (Å²) >= 11 is 1.18. The minimum absolute atomic E-state index is 0.0395. The van der Waals surface area contributed by atoms with Gasteiger partial charge in [-0.25, -0.2) is 0 Å². The highest BCUT2D eigenvalue weighted by Crippen LogP contribution is 2.24. The number of thiophene rings is 1. The van der Waals surface area contributed by atoms with Gasteiger partial charge in [-0.05, 0) is 31.5 Å². The molecule has 0 unspecified atom stereocenters. The number of ether oxygens (including phenoxy) is 1. The van der Waals surface area contributed by atoms with Crippen molar-refractivity contribution in [2.45, 2.75) is 39.3 Å². The molecule has 0 aliphatic carbocycles. The molecule has 0 bridgehead atoms. The zero-order valence-electron chi connectivity index (χ0n) is 14.9. The van der Waals surface area contributed by atoms with Gasteiger partial charge >= 0.3 is 5.97 Å². The van der Waals surface area contributed by atoms with Crippen molar-refractivity contribution < 1.29 is 19.1 Å². The Hall–Kier alpha value is -2.67. The highest BCUT2D eigenvalue weighted by Gasteiger charge is 2.21. The Labute approximate surface area is 156 Å². The fourth-order valence-corrected chi connectivity index (χ4v) is 3.20. The molecule has 7 heteroatoms. The number of hydrogen-bond acceptors (Lipinski definition) is 5. The van der Waals surface area contributed by atoms with Gasteiger partial charge in [0, 0.05) is 6.92 Å². The monoisotopic (exact) mass is 374 g/mol. The molecule has 1 heterocycles. The maximum absolute atomic E-state index is 12.6. The third-order valence-electron chi connectivity index (χ3n) is 3.37. The number of nitrogens with one attached hydrogen (secondary N) is 2. The molecule has 0 saturated carbocycles. The van der Waals surface area contributed by atoms with Gasteiger partial charge in [0.15, 0.2) is 0 Å². The fourth-order valence-electron chi connectivity index (χ4n) is 2.35. The normalized spacial score (nSPS) is 11.7. The standard InChI is InChI=1S/C19H22N2O4S/c1-12(2)25-18(23)11-15(14-7-5-4-6-8-14)21-19(24)16-9-10-17(26-16)20-13(3)22/h4-10,12,15H,11H2,1-3H3,(H,20,22)(H,21,24)/t15-/m1/s1. The number of benzene rings is 1. The number of anilines is 1. The summed E-state index contributed by atoms with van der Waals surface area (Å²) in [4.78, 5) is 36.2. The second-order valence-electron chi connectivity index (χ2n) is 6.02. The van der Waals surface area contributed by atoms with Crippen LogP contribution in [0.4, 0.5) is 5.00 Å². The zero-order chi connectivity index (χ0) is 19.1. The number of rotatable bonds is 7. The molecular weight excluding hydrogens is 352 g/mol. The molecule has 2 N–H and O–H groups in total. The zero-order valence-corrected chi connectivity index (χ0v) is 15.8. The van der Waals surface area contributed by atoms with Crippen LogP contribution in [-0.4, -0.2) is 23.9 Å². The van der Waals surface area contributed by atoms with E-state index in [9.17, 15) is 14.4 Å². The second kappa shape index (κ2) is 9.15. The summed E-state index contributed by atoms with van der Waals surface area (Å²) in [5.41, 5.74) is 0.820. The van der Waals surface area contributed by atoms with E-state index in [2.05, 4.69) is 10.6 Å². The molecule has 1 aromatic carbocycles. The average molecular weight is 374 g/mol. The summed E-state index contributed by atoms with van der Waals surface area (Å²) in [6.45, 7) is 4.97. The minimum atomic E-state index is -0.499. The van der Waals surface area contributed by atoms with E-state index in [1.54, 1.807) is 26.0 Å². The molecule has 138 valence electrons. The van der Waals surface area contributed by atoms with Gasteiger partial charge in [-0.15, -0.1) is 11.3 Å². The van der Waals surface area contributed by atoms with Crippen molar-refractivity contribution in [2.24, 2.45) is 0 Å². The first-order valence-electron chi connectivity index (χ1n) is 8.28. The molecule has 2 rings (SSSR count). The van der Waals surface area contributed by atoms with Crippen molar-refractivity contribution in [3.05, 3.63) is 52.9 Å². The van der Waals surface area contributed by atoms with Crippen molar-refractivity contribution in [3.8, 4) is 0 Å². The summed E-state index contributed by atoms with van der Waals surface area (Å²) in [5, 5.41) is 6.12. The number of carbonyl (C=O) groups excluding carboxylic acids is 3. The molecule has 0 saturated heterocycles. The quantitative estimate of drug-likeness (QED) is 0.726. The molecular formula is C19H22N2O4S. The van der Waals surface area contributed by atoms with Gasteiger partial charge in [-0.3, -0.25) is 14.4 Å². The van der Waals surface area contributed by atoms with Crippen LogP contribution >= 0.6 is 11.3 Å². The number of esters is 1. The van der Waals surface area contributed by atoms with E-state index in [4.69, 9.17) is 4.74 Å². The van der Waals surface area contributed by atoms with Crippen LogP contribution in [0.3, 0.4) is 0 Å². The van der Waals surface area contributed by atoms with E-state index >= 15 is 0 Å². The molecule has 1 atom stereocenters. The van der Waals surface area contributed by atoms with Crippen LogP contribution in [0.2, 0.25) is 0 Å². The smallest absolute Gasteiger partial charge is 0.308 e. The molecule has 1 aromatic heterocycles. The van der Waals surface area contributed by atoms with Gasteiger partial charge in [-0.2, -0.15) is 0 Å². The maximum atomic E-state index is 12.6. The van der Waals surface area contributed by atoms with E-state index in [0.717, 1.165) is 5.56 Å². The summed E-state index contributed by atoms with van der Waals surface area (Å²) in [6.07, 6.45) is -0.176. The topological polar surface area (TPSA) is 84.5 Å². The van der Waals surface area contributed by atoms with Crippen LogP contribution in [0.1, 0.15) is 48.5 Å². The summed E-state index contributed by atoms with van der Waals surface area (Å²) < 4.78 is 5.20. The van der Waals surface area contributed by atoms with Gasteiger partial charge in [0.25, 0.3) is 5.91 Å². The largest absolute Gasteiger partial charge is 0.463 e. The molecule has 2 amide bonds. The highest BCUT2D eigenvalue weighted by molar-refractivity contribution is 7.18. The second-order valence-corrected chi connectivity index (χ2v) is 7.11. The molecule has 0 aliphatic heterocycles. The highest BCUT2D eigenvalue weighted by atomic mass is 32.1. The predicted octanol–water partition coefficient (Wildman–Crippen LogP) is 3.52. The number of amides is 2. The third kappa shape index (κ3) is 6.00. The van der Waals surface area contributed by atoms with Crippen LogP contribution in [0, 0.1) is 0 Å². The van der Waals surface area contributed by atoms with Gasteiger partial charge in [0.1, 0.15) is 0 Å². The first-order valence-corrected chi connectivity index (χ1v) is 9.09. The number of hydrogen-bond donors (Lipinski definition) is 2. The molecule has 0 aliphatic rings. The average Bonchev–Trinajstić information content (AvgIpc) is 3.02. The molecule has 0 radical (unpaired) electrons. The predicted molar refractivity (Wildman–Crippen MR) is 101 cm³/mol. The lowest BCUT2D eigenvalue weighted by Gasteiger charge is -2.19. The van der Waals surface area contributed by atoms with Gasteiger partial charge in [-0.1, -0.05) is 30.3 Å². The van der Waals surface area contributed by atoms with E-state index in [1.807, 2.05) is 30.3 Å². The van der Waals surface area contributed by atoms with Crippen LogP contribution in [0.5, 0.6) is 0 Å². The fraction of sp³-hybridized carbons (Fsp3) is 0.316. The molecule has 0 spiro atoms. The van der Waals surface area contributed by atoms with Crippen LogP contribution in [0.25, 0.3) is 0 Å². The van der Waals surface area contributed by atoms with E-state index in [-0.39, 0.29) is 30.3 Å². The van der Waals surface area contributed by atoms with Crippen LogP contribution in [-0.2, 0) is 14.3 Å². The van der Waals surface area contributed by atoms with Gasteiger partial charge < -0.3 is 15.4 Å². The molecule has 26 heavy (non-hydrogen) atoms. The lowest BCUT2D eigenvalue weighted by Crippen LogP contribution is -2.30. The van der Waals surface area contributed by atoms with Crippen LogP contribution < -0.4 is 10.6 Å². The van der Waals surface area contributed by atoms with E-state index in [0.29, 0.717) is 9.88 Å². The van der Waals surface area contributed by atoms with E-state index in [1.165, 1.54) is 18.3 Å². The first-order chi connectivity index (χ1) is 12.3. The Morgan fingerprint density at radius 3 is 2.38 bits per heavy atom. The molecule has 6 nitrogen and oxygen atoms in total. The van der Waals surface area contributed by atoms with Crippen molar-refractivity contribution in [3.63, 3.8) is 0 Å². The minimum Gasteiger partial charge on any atom is -0.463 e. The van der Waals surface area contributed by atoms with Crippen molar-refractivity contribution in [2.75, 3.05) is 5.32 Å². The summed E-state index contributed by atoms with van der Waals surface area (Å²) in [6, 6.07) is 12.1. The molecule has 0 fully saturated rings. The lowest BCUT2D eigenvalue weighted by molar-refractivity contribution is -0.148. The van der Waals surface area contributed by atoms with Crippen molar-refractivity contribution in [1.82, 2.24) is 5.32 Å². The lowest BCUT2D eigenvalue weighted by atomic mass is 10.0. The summed E-state index contributed by atoms with van der Waals surface area (Å²) in [7, 11) is 0. The Bertz CT molecular complexity index is 771. The van der Waals surface area contributed by atoms with Gasteiger partial charge in [0.2, 0.25) is 5.91 Å².